The van der Waals surface area contributed by atoms with Crippen LogP contribution in [0.3, 0.4) is 0 Å². The molecule has 1 aromatic carbocycles. The zero-order valence-electron chi connectivity index (χ0n) is 14.2. The number of hydrogen-bond acceptors (Lipinski definition) is 4. The summed E-state index contributed by atoms with van der Waals surface area (Å²) in [5.74, 6) is 1.18. The van der Waals surface area contributed by atoms with E-state index in [1.807, 2.05) is 18.2 Å². The molecule has 0 radical (unpaired) electrons. The van der Waals surface area contributed by atoms with Crippen LogP contribution in [-0.4, -0.2) is 10.9 Å². The molecule has 130 valence electrons. The van der Waals surface area contributed by atoms with Crippen LogP contribution in [0.2, 0.25) is 0 Å². The molecule has 2 aromatic heterocycles. The Morgan fingerprint density at radius 3 is 3.12 bits per heavy atom. The summed E-state index contributed by atoms with van der Waals surface area (Å²) >= 11 is 1.76. The number of amides is 1. The number of benzene rings is 1. The average molecular weight is 354 g/mol. The molecular weight excluding hydrogens is 332 g/mol. The molecule has 0 saturated carbocycles. The molecule has 0 fully saturated rings. The number of rotatable bonds is 6. The van der Waals surface area contributed by atoms with Crippen molar-refractivity contribution in [3.8, 4) is 0 Å². The fourth-order valence-electron chi connectivity index (χ4n) is 3.49. The number of carbonyl (C=O) groups excluding carboxylic acids is 1. The fourth-order valence-corrected chi connectivity index (χ4v) is 4.50. The van der Waals surface area contributed by atoms with E-state index < -0.39 is 0 Å². The van der Waals surface area contributed by atoms with E-state index in [1.165, 1.54) is 4.70 Å². The lowest BCUT2D eigenvalue weighted by molar-refractivity contribution is -0.122. The van der Waals surface area contributed by atoms with E-state index in [0.29, 0.717) is 6.42 Å². The molecule has 2 heterocycles. The van der Waals surface area contributed by atoms with Crippen molar-refractivity contribution in [1.29, 1.82) is 0 Å². The zero-order chi connectivity index (χ0) is 17.1. The summed E-state index contributed by atoms with van der Waals surface area (Å²) < 4.78 is 6.72. The van der Waals surface area contributed by atoms with Gasteiger partial charge in [-0.1, -0.05) is 12.1 Å². The number of unbranched alkanes of at least 4 members (excludes halogenated alkanes) is 1. The predicted octanol–water partition coefficient (Wildman–Crippen LogP) is 4.80. The topological polar surface area (TPSA) is 55.1 Å². The first-order valence-electron chi connectivity index (χ1n) is 9.00. The Morgan fingerprint density at radius 2 is 2.20 bits per heavy atom. The van der Waals surface area contributed by atoms with E-state index >= 15 is 0 Å². The molecule has 1 aliphatic carbocycles. The number of carbonyl (C=O) groups is 1. The van der Waals surface area contributed by atoms with Gasteiger partial charge in [0, 0.05) is 18.4 Å². The van der Waals surface area contributed by atoms with Crippen molar-refractivity contribution in [2.24, 2.45) is 0 Å². The highest BCUT2D eigenvalue weighted by molar-refractivity contribution is 7.18. The molecule has 3 aromatic rings. The molecule has 0 saturated heterocycles. The third-order valence-electron chi connectivity index (χ3n) is 4.77. The molecule has 4 nitrogen and oxygen atoms in total. The number of aromatic nitrogens is 1. The van der Waals surface area contributed by atoms with E-state index in [2.05, 4.69) is 22.4 Å². The second kappa shape index (κ2) is 7.40. The van der Waals surface area contributed by atoms with Gasteiger partial charge in [-0.05, 0) is 50.3 Å². The Bertz CT molecular complexity index is 834. The highest BCUT2D eigenvalue weighted by Gasteiger charge is 2.23. The monoisotopic (exact) mass is 354 g/mol. The summed E-state index contributed by atoms with van der Waals surface area (Å²) in [6, 6.07) is 10.3. The summed E-state index contributed by atoms with van der Waals surface area (Å²) in [5.41, 5.74) is 2.24. The van der Waals surface area contributed by atoms with Crippen LogP contribution in [-0.2, 0) is 17.6 Å². The largest absolute Gasteiger partial charge is 0.469 e. The summed E-state index contributed by atoms with van der Waals surface area (Å²) in [6.45, 7) is 0. The minimum Gasteiger partial charge on any atom is -0.469 e. The second-order valence-electron chi connectivity index (χ2n) is 6.59. The summed E-state index contributed by atoms with van der Waals surface area (Å²) in [4.78, 5) is 16.9. The minimum atomic E-state index is 0.124. The standard InChI is InChI=1S/C20H22N2O2S/c23-19(21-15-7-5-8-17-14(15)12-13-24-17)10-3-4-11-20-22-16-6-1-2-9-18(16)25-20/h1-2,6,9,12-13,15H,3-5,7-8,10-11H2,(H,21,23). The van der Waals surface area contributed by atoms with Gasteiger partial charge < -0.3 is 9.73 Å². The van der Waals surface area contributed by atoms with E-state index in [1.54, 1.807) is 17.6 Å². The van der Waals surface area contributed by atoms with Crippen LogP contribution in [0.5, 0.6) is 0 Å². The normalized spacial score (nSPS) is 16.7. The maximum Gasteiger partial charge on any atom is 0.220 e. The molecule has 0 bridgehead atoms. The first-order chi connectivity index (χ1) is 12.3. The SMILES string of the molecule is O=C(CCCCc1nc2ccccc2s1)NC1CCCc2occc21. The lowest BCUT2D eigenvalue weighted by Crippen LogP contribution is -2.30. The first-order valence-corrected chi connectivity index (χ1v) is 9.81. The van der Waals surface area contributed by atoms with Crippen LogP contribution in [0.4, 0.5) is 0 Å². The lowest BCUT2D eigenvalue weighted by Gasteiger charge is -2.22. The summed E-state index contributed by atoms with van der Waals surface area (Å²) in [5, 5.41) is 4.33. The number of nitrogens with one attached hydrogen (secondary N) is 1. The Balaban J connectivity index is 1.23. The van der Waals surface area contributed by atoms with Gasteiger partial charge in [-0.2, -0.15) is 0 Å². The van der Waals surface area contributed by atoms with Crippen LogP contribution in [0.25, 0.3) is 10.2 Å². The third-order valence-corrected chi connectivity index (χ3v) is 5.87. The Hall–Kier alpha value is -2.14. The molecular formula is C20H22N2O2S. The summed E-state index contributed by atoms with van der Waals surface area (Å²) in [7, 11) is 0. The van der Waals surface area contributed by atoms with Gasteiger partial charge in [0.25, 0.3) is 0 Å². The van der Waals surface area contributed by atoms with Gasteiger partial charge in [-0.3, -0.25) is 4.79 Å². The van der Waals surface area contributed by atoms with E-state index in [9.17, 15) is 4.79 Å². The van der Waals surface area contributed by atoms with E-state index in [4.69, 9.17) is 4.42 Å². The lowest BCUT2D eigenvalue weighted by atomic mass is 9.93. The third kappa shape index (κ3) is 3.76. The van der Waals surface area contributed by atoms with Crippen molar-refractivity contribution in [3.05, 3.63) is 52.9 Å². The van der Waals surface area contributed by atoms with Crippen LogP contribution in [0.15, 0.2) is 41.0 Å². The maximum absolute atomic E-state index is 12.2. The molecule has 0 aliphatic heterocycles. The minimum absolute atomic E-state index is 0.124. The van der Waals surface area contributed by atoms with Crippen molar-refractivity contribution >= 4 is 27.5 Å². The second-order valence-corrected chi connectivity index (χ2v) is 7.71. The Labute approximate surface area is 151 Å². The van der Waals surface area contributed by atoms with Gasteiger partial charge in [0.05, 0.1) is 27.5 Å². The molecule has 1 aliphatic rings. The van der Waals surface area contributed by atoms with Crippen LogP contribution in [0, 0.1) is 0 Å². The van der Waals surface area contributed by atoms with E-state index in [0.717, 1.165) is 60.4 Å². The number of aryl methyl sites for hydroxylation is 2. The van der Waals surface area contributed by atoms with Gasteiger partial charge in [0.15, 0.2) is 0 Å². The smallest absolute Gasteiger partial charge is 0.220 e. The van der Waals surface area contributed by atoms with Gasteiger partial charge in [-0.25, -0.2) is 4.98 Å². The summed E-state index contributed by atoms with van der Waals surface area (Å²) in [6.07, 6.45) is 8.20. The molecule has 1 N–H and O–H groups in total. The zero-order valence-corrected chi connectivity index (χ0v) is 15.0. The molecule has 25 heavy (non-hydrogen) atoms. The Kier molecular flexibility index (Phi) is 4.83. The van der Waals surface area contributed by atoms with Crippen molar-refractivity contribution in [2.75, 3.05) is 0 Å². The van der Waals surface area contributed by atoms with E-state index in [-0.39, 0.29) is 11.9 Å². The highest BCUT2D eigenvalue weighted by atomic mass is 32.1. The molecule has 1 unspecified atom stereocenters. The van der Waals surface area contributed by atoms with Crippen molar-refractivity contribution < 1.29 is 9.21 Å². The number of fused-ring (bicyclic) bond motifs is 2. The molecule has 5 heteroatoms. The molecule has 1 amide bonds. The van der Waals surface area contributed by atoms with Gasteiger partial charge in [-0.15, -0.1) is 11.3 Å². The quantitative estimate of drug-likeness (QED) is 0.647. The predicted molar refractivity (Wildman–Crippen MR) is 99.7 cm³/mol. The number of para-hydroxylation sites is 1. The fraction of sp³-hybridized carbons (Fsp3) is 0.400. The highest BCUT2D eigenvalue weighted by Crippen LogP contribution is 2.30. The molecule has 4 rings (SSSR count). The van der Waals surface area contributed by atoms with Crippen molar-refractivity contribution in [1.82, 2.24) is 10.3 Å². The maximum atomic E-state index is 12.2. The van der Waals surface area contributed by atoms with Crippen LogP contribution in [0.1, 0.15) is 54.5 Å². The molecule has 1 atom stereocenters. The Morgan fingerprint density at radius 1 is 1.28 bits per heavy atom. The van der Waals surface area contributed by atoms with Gasteiger partial charge in [0.2, 0.25) is 5.91 Å². The van der Waals surface area contributed by atoms with Crippen molar-refractivity contribution in [2.45, 2.75) is 51.0 Å². The van der Waals surface area contributed by atoms with Crippen LogP contribution < -0.4 is 5.32 Å². The average Bonchev–Trinajstić information content (AvgIpc) is 3.25. The van der Waals surface area contributed by atoms with Gasteiger partial charge in [0.1, 0.15) is 5.76 Å². The number of thiazole rings is 1. The number of hydrogen-bond donors (Lipinski definition) is 1. The number of nitrogens with zero attached hydrogens (tertiary/aromatic N) is 1. The first kappa shape index (κ1) is 16.3. The number of furan rings is 1. The van der Waals surface area contributed by atoms with Crippen LogP contribution >= 0.6 is 11.3 Å². The molecule has 0 spiro atoms. The van der Waals surface area contributed by atoms with Gasteiger partial charge >= 0.3 is 0 Å². The van der Waals surface area contributed by atoms with Crippen molar-refractivity contribution in [3.63, 3.8) is 0 Å².